The summed E-state index contributed by atoms with van der Waals surface area (Å²) in [5.41, 5.74) is 3.23. The predicted octanol–water partition coefficient (Wildman–Crippen LogP) is 8.09. The van der Waals surface area contributed by atoms with Crippen LogP contribution >= 0.6 is 15.9 Å². The Hall–Kier alpha value is -2.71. The van der Waals surface area contributed by atoms with E-state index in [9.17, 15) is 9.90 Å². The van der Waals surface area contributed by atoms with Crippen LogP contribution < -0.4 is 4.74 Å². The first-order chi connectivity index (χ1) is 17.7. The number of unbranched alkanes of at least 4 members (excludes halogenated alkanes) is 2. The molecule has 0 fully saturated rings. The van der Waals surface area contributed by atoms with E-state index in [4.69, 9.17) is 4.74 Å². The van der Waals surface area contributed by atoms with Gasteiger partial charge in [-0.1, -0.05) is 68.6 Å². The van der Waals surface area contributed by atoms with E-state index >= 15 is 0 Å². The number of nitrogens with zero attached hydrogens (tertiary/aromatic N) is 4. The van der Waals surface area contributed by atoms with Crippen LogP contribution in [0, 0.1) is 6.92 Å². The summed E-state index contributed by atoms with van der Waals surface area (Å²) in [6.45, 7) is 12.7. The molecule has 3 rings (SSSR count). The number of aromatic hydroxyl groups is 1. The number of halogens is 1. The molecule has 3 aromatic rings. The molecule has 8 heteroatoms. The van der Waals surface area contributed by atoms with Crippen molar-refractivity contribution in [3.8, 4) is 11.6 Å². The third kappa shape index (κ3) is 7.65. The second kappa shape index (κ2) is 13.7. The normalized spacial score (nSPS) is 11.9. The molecule has 0 spiro atoms. The Bertz CT molecular complexity index is 1230. The van der Waals surface area contributed by atoms with E-state index in [1.165, 1.54) is 0 Å². The Morgan fingerprint density at radius 1 is 1.11 bits per heavy atom. The van der Waals surface area contributed by atoms with Gasteiger partial charge in [-0.3, -0.25) is 14.3 Å². The second-order valence-electron chi connectivity index (χ2n) is 9.81. The molecule has 0 aliphatic heterocycles. The lowest BCUT2D eigenvalue weighted by atomic mass is 10.0. The maximum atomic E-state index is 12.6. The minimum Gasteiger partial charge on any atom is -0.493 e. The Morgan fingerprint density at radius 3 is 2.46 bits per heavy atom. The number of azo groups is 1. The summed E-state index contributed by atoms with van der Waals surface area (Å²) >= 11 is 3.51. The lowest BCUT2D eigenvalue weighted by Gasteiger charge is -2.23. The number of aryl methyl sites for hydroxylation is 1. The van der Waals surface area contributed by atoms with Crippen molar-refractivity contribution >= 4 is 38.4 Å². The number of carbonyl (C=O) groups is 1. The number of carbonyl (C=O) groups excluding carboxylic acids is 1. The summed E-state index contributed by atoms with van der Waals surface area (Å²) in [4.78, 5) is 14.9. The van der Waals surface area contributed by atoms with Crippen molar-refractivity contribution in [2.45, 2.75) is 72.9 Å². The quantitative estimate of drug-likeness (QED) is 0.210. The summed E-state index contributed by atoms with van der Waals surface area (Å²) < 4.78 is 8.52. The maximum absolute atomic E-state index is 12.6. The third-order valence-electron chi connectivity index (χ3n) is 6.37. The van der Waals surface area contributed by atoms with Crippen molar-refractivity contribution < 1.29 is 14.6 Å². The van der Waals surface area contributed by atoms with Crippen LogP contribution in [0.15, 0.2) is 51.1 Å². The number of fused-ring (bicyclic) bond motifs is 1. The fourth-order valence-corrected chi connectivity index (χ4v) is 4.63. The molecule has 1 aromatic heterocycles. The highest BCUT2D eigenvalue weighted by atomic mass is 79.9. The van der Waals surface area contributed by atoms with Crippen molar-refractivity contribution in [3.05, 3.63) is 52.0 Å². The van der Waals surface area contributed by atoms with E-state index in [2.05, 4.69) is 58.8 Å². The van der Waals surface area contributed by atoms with Gasteiger partial charge >= 0.3 is 5.91 Å². The molecule has 0 aliphatic carbocycles. The van der Waals surface area contributed by atoms with Crippen LogP contribution in [0.1, 0.15) is 70.4 Å². The first-order valence-corrected chi connectivity index (χ1v) is 13.9. The zero-order chi connectivity index (χ0) is 26.9. The van der Waals surface area contributed by atoms with Crippen molar-refractivity contribution in [2.24, 2.45) is 10.2 Å². The van der Waals surface area contributed by atoms with E-state index in [1.54, 1.807) is 0 Å². The van der Waals surface area contributed by atoms with Crippen LogP contribution in [0.4, 0.5) is 5.69 Å². The van der Waals surface area contributed by atoms with Gasteiger partial charge in [-0.05, 0) is 74.2 Å². The van der Waals surface area contributed by atoms with Gasteiger partial charge in [-0.2, -0.15) is 0 Å². The molecule has 0 atom stereocenters. The average Bonchev–Trinajstić information content (AvgIpc) is 3.12. The SMILES string of the molecule is CCCCN(CCCC)Cn1c(O)c(N=NC(=O)COc2cc(C)ccc2C(C)C)c2cc(Br)ccc21. The Labute approximate surface area is 228 Å². The van der Waals surface area contributed by atoms with Crippen molar-refractivity contribution in [2.75, 3.05) is 19.7 Å². The first-order valence-electron chi connectivity index (χ1n) is 13.2. The molecular weight excluding hydrogens is 532 g/mol. The van der Waals surface area contributed by atoms with E-state index in [1.807, 2.05) is 47.9 Å². The Balaban J connectivity index is 1.84. The van der Waals surface area contributed by atoms with Crippen molar-refractivity contribution in [1.82, 2.24) is 9.47 Å². The van der Waals surface area contributed by atoms with Gasteiger partial charge in [0.1, 0.15) is 5.75 Å². The summed E-state index contributed by atoms with van der Waals surface area (Å²) in [7, 11) is 0. The molecule has 0 saturated carbocycles. The monoisotopic (exact) mass is 570 g/mol. The Kier molecular flexibility index (Phi) is 10.7. The molecule has 2 aromatic carbocycles. The minimum atomic E-state index is -0.515. The molecule has 0 bridgehead atoms. The van der Waals surface area contributed by atoms with Crippen LogP contribution in [0.25, 0.3) is 10.9 Å². The van der Waals surface area contributed by atoms with E-state index in [-0.39, 0.29) is 24.1 Å². The number of aromatic nitrogens is 1. The summed E-state index contributed by atoms with van der Waals surface area (Å²) in [5, 5.41) is 20.0. The van der Waals surface area contributed by atoms with E-state index < -0.39 is 5.91 Å². The molecule has 0 aliphatic rings. The fraction of sp³-hybridized carbons (Fsp3) is 0.483. The summed E-state index contributed by atoms with van der Waals surface area (Å²) in [5.74, 6) is 0.438. The molecule has 7 nitrogen and oxygen atoms in total. The number of hydrogen-bond donors (Lipinski definition) is 1. The van der Waals surface area contributed by atoms with Crippen molar-refractivity contribution in [1.29, 1.82) is 0 Å². The van der Waals surface area contributed by atoms with E-state index in [0.717, 1.165) is 65.3 Å². The van der Waals surface area contributed by atoms with Gasteiger partial charge in [0.2, 0.25) is 5.88 Å². The molecule has 0 radical (unpaired) electrons. The Morgan fingerprint density at radius 2 is 1.81 bits per heavy atom. The summed E-state index contributed by atoms with van der Waals surface area (Å²) in [6, 6.07) is 11.8. The molecule has 1 heterocycles. The van der Waals surface area contributed by atoms with Gasteiger partial charge in [0.15, 0.2) is 12.3 Å². The van der Waals surface area contributed by atoms with Crippen LogP contribution in [0.2, 0.25) is 0 Å². The zero-order valence-electron chi connectivity index (χ0n) is 22.6. The highest BCUT2D eigenvalue weighted by Gasteiger charge is 2.19. The predicted molar refractivity (Wildman–Crippen MR) is 153 cm³/mol. The summed E-state index contributed by atoms with van der Waals surface area (Å²) in [6.07, 6.45) is 4.41. The average molecular weight is 572 g/mol. The standard InChI is InChI=1S/C29H39BrN4O3/c1-6-8-14-33(15-9-7-2)19-34-25-13-11-22(30)17-24(25)28(29(34)36)32-31-27(35)18-37-26-16-21(5)10-12-23(26)20(3)4/h10-13,16-17,20,36H,6-9,14-15,18-19H2,1-5H3. The third-order valence-corrected chi connectivity index (χ3v) is 6.87. The topological polar surface area (TPSA) is 79.4 Å². The smallest absolute Gasteiger partial charge is 0.302 e. The van der Waals surface area contributed by atoms with Gasteiger partial charge < -0.3 is 9.84 Å². The van der Waals surface area contributed by atoms with Gasteiger partial charge in [-0.15, -0.1) is 10.2 Å². The maximum Gasteiger partial charge on any atom is 0.302 e. The number of amides is 1. The van der Waals surface area contributed by atoms with E-state index in [0.29, 0.717) is 12.4 Å². The second-order valence-corrected chi connectivity index (χ2v) is 10.7. The van der Waals surface area contributed by atoms with Crippen molar-refractivity contribution in [3.63, 3.8) is 0 Å². The molecule has 1 N–H and O–H groups in total. The van der Waals surface area contributed by atoms with Gasteiger partial charge in [-0.25, -0.2) is 0 Å². The molecular formula is C29H39BrN4O3. The van der Waals surface area contributed by atoms with Crippen LogP contribution in [-0.2, 0) is 11.5 Å². The number of hydrogen-bond acceptors (Lipinski definition) is 5. The van der Waals surface area contributed by atoms with Gasteiger partial charge in [0.25, 0.3) is 0 Å². The van der Waals surface area contributed by atoms with Crippen LogP contribution in [-0.4, -0.2) is 40.2 Å². The lowest BCUT2D eigenvalue weighted by molar-refractivity contribution is -0.120. The van der Waals surface area contributed by atoms with Gasteiger partial charge in [0.05, 0.1) is 12.2 Å². The van der Waals surface area contributed by atoms with Gasteiger partial charge in [0, 0.05) is 9.86 Å². The first kappa shape index (κ1) is 28.9. The molecule has 0 saturated heterocycles. The molecule has 37 heavy (non-hydrogen) atoms. The number of benzene rings is 2. The number of ether oxygens (including phenoxy) is 1. The highest BCUT2D eigenvalue weighted by Crippen LogP contribution is 2.40. The highest BCUT2D eigenvalue weighted by molar-refractivity contribution is 9.10. The molecule has 200 valence electrons. The number of rotatable bonds is 13. The largest absolute Gasteiger partial charge is 0.493 e. The van der Waals surface area contributed by atoms with Crippen LogP contribution in [0.5, 0.6) is 11.6 Å². The minimum absolute atomic E-state index is 0.00402. The zero-order valence-corrected chi connectivity index (χ0v) is 24.2. The lowest BCUT2D eigenvalue weighted by Crippen LogP contribution is -2.28. The fourth-order valence-electron chi connectivity index (χ4n) is 4.27. The molecule has 1 amide bonds. The van der Waals surface area contributed by atoms with Crippen LogP contribution in [0.3, 0.4) is 0 Å². The molecule has 0 unspecified atom stereocenters.